The van der Waals surface area contributed by atoms with E-state index in [0.29, 0.717) is 23.3 Å². The fraction of sp³-hybridized carbons (Fsp3) is 0.571. The molecular formula is C14H16F2O2S. The molecular weight excluding hydrogens is 270 g/mol. The van der Waals surface area contributed by atoms with Gasteiger partial charge in [0.2, 0.25) is 0 Å². The van der Waals surface area contributed by atoms with E-state index in [1.54, 1.807) is 0 Å². The van der Waals surface area contributed by atoms with Gasteiger partial charge in [0.15, 0.2) is 11.6 Å². The number of rotatable bonds is 2. The van der Waals surface area contributed by atoms with Crippen molar-refractivity contribution in [3.05, 3.63) is 29.3 Å². The molecule has 5 heteroatoms. The lowest BCUT2D eigenvalue weighted by Crippen LogP contribution is -2.35. The van der Waals surface area contributed by atoms with Crippen LogP contribution in [0.25, 0.3) is 0 Å². The van der Waals surface area contributed by atoms with Gasteiger partial charge in [0.25, 0.3) is 0 Å². The fourth-order valence-corrected chi connectivity index (χ4v) is 5.08. The molecule has 19 heavy (non-hydrogen) atoms. The summed E-state index contributed by atoms with van der Waals surface area (Å²) in [6.45, 7) is 0. The third-order valence-electron chi connectivity index (χ3n) is 4.04. The van der Waals surface area contributed by atoms with Gasteiger partial charge in [-0.3, -0.25) is 0 Å². The van der Waals surface area contributed by atoms with Crippen LogP contribution in [0.5, 0.6) is 5.75 Å². The first-order valence-electron chi connectivity index (χ1n) is 6.43. The Labute approximate surface area is 115 Å². The molecule has 0 aliphatic carbocycles. The number of ether oxygens (including phenoxy) is 1. The minimum Gasteiger partial charge on any atom is -0.493 e. The Hall–Kier alpha value is -0.810. The first-order valence-corrected chi connectivity index (χ1v) is 7.37. The number of halogens is 2. The molecule has 2 nitrogen and oxygen atoms in total. The SMILES string of the molecule is COc1c(F)cc(F)cc1C1(O)CC2CCC(C1)S2. The van der Waals surface area contributed by atoms with Crippen molar-refractivity contribution < 1.29 is 18.6 Å². The zero-order valence-corrected chi connectivity index (χ0v) is 11.5. The van der Waals surface area contributed by atoms with Gasteiger partial charge in [-0.05, 0) is 31.7 Å². The number of methoxy groups -OCH3 is 1. The highest BCUT2D eigenvalue weighted by Gasteiger charge is 2.46. The highest BCUT2D eigenvalue weighted by atomic mass is 32.2. The molecule has 2 atom stereocenters. The maximum absolute atomic E-state index is 13.8. The molecule has 0 aromatic heterocycles. The average molecular weight is 286 g/mol. The lowest BCUT2D eigenvalue weighted by atomic mass is 9.85. The first kappa shape index (κ1) is 13.2. The standard InChI is InChI=1S/C14H16F2O2S/c1-18-13-11(4-8(15)5-12(13)16)14(17)6-9-2-3-10(7-14)19-9/h4-5,9-10,17H,2-3,6-7H2,1H3. The van der Waals surface area contributed by atoms with Crippen molar-refractivity contribution in [2.45, 2.75) is 41.8 Å². The van der Waals surface area contributed by atoms with Crippen molar-refractivity contribution in [3.63, 3.8) is 0 Å². The van der Waals surface area contributed by atoms with Crippen molar-refractivity contribution in [2.24, 2.45) is 0 Å². The maximum Gasteiger partial charge on any atom is 0.168 e. The monoisotopic (exact) mass is 286 g/mol. The second kappa shape index (κ2) is 4.63. The Bertz CT molecular complexity index is 494. The third kappa shape index (κ3) is 2.23. The average Bonchev–Trinajstić information content (AvgIpc) is 2.68. The van der Waals surface area contributed by atoms with Crippen molar-refractivity contribution in [1.82, 2.24) is 0 Å². The van der Waals surface area contributed by atoms with Crippen LogP contribution in [-0.4, -0.2) is 22.7 Å². The van der Waals surface area contributed by atoms with Gasteiger partial charge in [-0.2, -0.15) is 11.8 Å². The van der Waals surface area contributed by atoms with Crippen molar-refractivity contribution in [1.29, 1.82) is 0 Å². The summed E-state index contributed by atoms with van der Waals surface area (Å²) in [5.41, 5.74) is -0.921. The van der Waals surface area contributed by atoms with Crippen LogP contribution in [0.2, 0.25) is 0 Å². The van der Waals surface area contributed by atoms with Crippen LogP contribution in [0.4, 0.5) is 8.78 Å². The number of hydrogen-bond acceptors (Lipinski definition) is 3. The fourth-order valence-electron chi connectivity index (χ4n) is 3.25. The molecule has 1 N–H and O–H groups in total. The smallest absolute Gasteiger partial charge is 0.168 e. The van der Waals surface area contributed by atoms with E-state index >= 15 is 0 Å². The first-order chi connectivity index (χ1) is 9.01. The summed E-state index contributed by atoms with van der Waals surface area (Å²) in [6.07, 6.45) is 3.20. The molecule has 2 aliphatic rings. The van der Waals surface area contributed by atoms with Crippen LogP contribution < -0.4 is 4.74 Å². The zero-order chi connectivity index (χ0) is 13.6. The molecule has 1 aromatic carbocycles. The van der Waals surface area contributed by atoms with Crippen LogP contribution in [0.3, 0.4) is 0 Å². The van der Waals surface area contributed by atoms with Crippen LogP contribution in [0.15, 0.2) is 12.1 Å². The molecule has 2 fully saturated rings. The number of aliphatic hydroxyl groups is 1. The van der Waals surface area contributed by atoms with Crippen molar-refractivity contribution >= 4 is 11.8 Å². The van der Waals surface area contributed by atoms with Crippen LogP contribution in [0, 0.1) is 11.6 Å². The molecule has 0 saturated carbocycles. The highest BCUT2D eigenvalue weighted by Crippen LogP contribution is 2.52. The lowest BCUT2D eigenvalue weighted by Gasteiger charge is -2.37. The quantitative estimate of drug-likeness (QED) is 0.905. The van der Waals surface area contributed by atoms with E-state index in [1.807, 2.05) is 11.8 Å². The second-order valence-electron chi connectivity index (χ2n) is 5.37. The summed E-state index contributed by atoms with van der Waals surface area (Å²) in [5, 5.41) is 11.6. The number of hydrogen-bond donors (Lipinski definition) is 1. The van der Waals surface area contributed by atoms with Gasteiger partial charge in [-0.1, -0.05) is 0 Å². The number of fused-ring (bicyclic) bond motifs is 2. The molecule has 2 bridgehead atoms. The van der Waals surface area contributed by atoms with E-state index < -0.39 is 17.2 Å². The van der Waals surface area contributed by atoms with E-state index in [4.69, 9.17) is 4.74 Å². The topological polar surface area (TPSA) is 29.5 Å². The molecule has 1 aromatic rings. The summed E-state index contributed by atoms with van der Waals surface area (Å²) < 4.78 is 32.3. The van der Waals surface area contributed by atoms with Gasteiger partial charge in [-0.25, -0.2) is 8.78 Å². The van der Waals surface area contributed by atoms with Crippen LogP contribution >= 0.6 is 11.8 Å². The van der Waals surface area contributed by atoms with Gasteiger partial charge < -0.3 is 9.84 Å². The Balaban J connectivity index is 2.05. The molecule has 0 spiro atoms. The Morgan fingerprint density at radius 3 is 2.47 bits per heavy atom. The Kier molecular flexibility index (Phi) is 3.21. The molecule has 3 rings (SSSR count). The number of benzene rings is 1. The van der Waals surface area contributed by atoms with Gasteiger partial charge in [0.05, 0.1) is 12.7 Å². The molecule has 0 amide bonds. The van der Waals surface area contributed by atoms with E-state index in [9.17, 15) is 13.9 Å². The zero-order valence-electron chi connectivity index (χ0n) is 10.7. The van der Waals surface area contributed by atoms with E-state index in [2.05, 4.69) is 0 Å². The molecule has 2 aliphatic heterocycles. The van der Waals surface area contributed by atoms with E-state index in [0.717, 1.165) is 18.9 Å². The van der Waals surface area contributed by atoms with Gasteiger partial charge in [0.1, 0.15) is 5.82 Å². The van der Waals surface area contributed by atoms with Crippen molar-refractivity contribution in [3.8, 4) is 5.75 Å². The summed E-state index contributed by atoms with van der Waals surface area (Å²) in [6, 6.07) is 2.00. The maximum atomic E-state index is 13.8. The van der Waals surface area contributed by atoms with Gasteiger partial charge in [-0.15, -0.1) is 0 Å². The molecule has 2 saturated heterocycles. The minimum absolute atomic E-state index is 0.0322. The summed E-state index contributed by atoms with van der Waals surface area (Å²) in [4.78, 5) is 0. The van der Waals surface area contributed by atoms with E-state index in [-0.39, 0.29) is 11.3 Å². The third-order valence-corrected chi connectivity index (χ3v) is 5.61. The van der Waals surface area contributed by atoms with Gasteiger partial charge >= 0.3 is 0 Å². The summed E-state index contributed by atoms with van der Waals surface area (Å²) in [5.74, 6) is -1.46. The second-order valence-corrected chi connectivity index (χ2v) is 6.97. The predicted octanol–water partition coefficient (Wildman–Crippen LogP) is 3.22. The molecule has 104 valence electrons. The summed E-state index contributed by atoms with van der Waals surface area (Å²) in [7, 11) is 1.34. The molecule has 2 unspecified atom stereocenters. The van der Waals surface area contributed by atoms with Crippen LogP contribution in [0.1, 0.15) is 31.2 Å². The van der Waals surface area contributed by atoms with Crippen LogP contribution in [-0.2, 0) is 5.60 Å². The normalized spacial score (nSPS) is 33.5. The predicted molar refractivity (Wildman–Crippen MR) is 70.4 cm³/mol. The lowest BCUT2D eigenvalue weighted by molar-refractivity contribution is 0.0166. The Morgan fingerprint density at radius 1 is 1.26 bits per heavy atom. The summed E-state index contributed by atoms with van der Waals surface area (Å²) >= 11 is 1.88. The van der Waals surface area contributed by atoms with Crippen molar-refractivity contribution in [2.75, 3.05) is 7.11 Å². The highest BCUT2D eigenvalue weighted by molar-refractivity contribution is 8.00. The largest absolute Gasteiger partial charge is 0.493 e. The molecule has 2 heterocycles. The minimum atomic E-state index is -1.18. The van der Waals surface area contributed by atoms with E-state index in [1.165, 1.54) is 13.2 Å². The molecule has 0 radical (unpaired) electrons. The number of thioether (sulfide) groups is 1. The van der Waals surface area contributed by atoms with Gasteiger partial charge in [0, 0.05) is 22.1 Å². The Morgan fingerprint density at radius 2 is 1.89 bits per heavy atom.